The van der Waals surface area contributed by atoms with Crippen LogP contribution < -0.4 is 19.1 Å². The van der Waals surface area contributed by atoms with Crippen LogP contribution in [0.1, 0.15) is 31.2 Å². The highest BCUT2D eigenvalue weighted by Gasteiger charge is 2.32. The normalized spacial score (nSPS) is 18.3. The zero-order chi connectivity index (χ0) is 20.7. The largest absolute Gasteiger partial charge is 0.486 e. The van der Waals surface area contributed by atoms with Gasteiger partial charge in [-0.15, -0.1) is 0 Å². The van der Waals surface area contributed by atoms with Crippen molar-refractivity contribution in [2.45, 2.75) is 37.0 Å². The molecule has 0 saturated heterocycles. The van der Waals surface area contributed by atoms with Crippen molar-refractivity contribution in [2.75, 3.05) is 29.4 Å². The average molecular weight is 429 g/mol. The van der Waals surface area contributed by atoms with Crippen molar-refractivity contribution in [1.29, 1.82) is 0 Å². The Morgan fingerprint density at radius 2 is 1.77 bits per heavy atom. The highest BCUT2D eigenvalue weighted by atomic mass is 32.2. The van der Waals surface area contributed by atoms with E-state index < -0.39 is 10.0 Å². The standard InChI is InChI=1S/C22H24N2O5S/c25-22(15-3-1-2-4-15)24-10-9-16-13-17(5-7-19(16)24)23-30(26,27)18-6-8-20-21(14-18)29-12-11-28-20/h5-8,13-15,23H,1-4,9-12H2. The van der Waals surface area contributed by atoms with Crippen molar-refractivity contribution in [1.82, 2.24) is 0 Å². The maximum atomic E-state index is 12.9. The van der Waals surface area contributed by atoms with Gasteiger partial charge in [-0.3, -0.25) is 9.52 Å². The van der Waals surface area contributed by atoms with Gasteiger partial charge in [-0.25, -0.2) is 8.42 Å². The Hall–Kier alpha value is -2.74. The Labute approximate surface area is 176 Å². The number of hydrogen-bond donors (Lipinski definition) is 1. The molecule has 1 amide bonds. The first kappa shape index (κ1) is 19.2. The van der Waals surface area contributed by atoms with Crippen LogP contribution in [0.5, 0.6) is 11.5 Å². The summed E-state index contributed by atoms with van der Waals surface area (Å²) in [5.41, 5.74) is 2.37. The number of sulfonamides is 1. The van der Waals surface area contributed by atoms with Gasteiger partial charge in [-0.2, -0.15) is 0 Å². The molecular formula is C22H24N2O5S. The number of nitrogens with zero attached hydrogens (tertiary/aromatic N) is 1. The number of anilines is 2. The van der Waals surface area contributed by atoms with Crippen molar-refractivity contribution in [3.8, 4) is 11.5 Å². The summed E-state index contributed by atoms with van der Waals surface area (Å²) in [4.78, 5) is 14.8. The second-order valence-electron chi connectivity index (χ2n) is 7.98. The third kappa shape index (κ3) is 3.49. The Bertz CT molecular complexity index is 1090. The van der Waals surface area contributed by atoms with Crippen LogP contribution in [0.4, 0.5) is 11.4 Å². The number of carbonyl (C=O) groups excluding carboxylic acids is 1. The summed E-state index contributed by atoms with van der Waals surface area (Å²) in [5.74, 6) is 1.31. The molecule has 0 bridgehead atoms. The smallest absolute Gasteiger partial charge is 0.262 e. The molecule has 2 aliphatic heterocycles. The van der Waals surface area contributed by atoms with Gasteiger partial charge in [0, 0.05) is 29.9 Å². The van der Waals surface area contributed by atoms with E-state index >= 15 is 0 Å². The zero-order valence-corrected chi connectivity index (χ0v) is 17.4. The lowest BCUT2D eigenvalue weighted by atomic mass is 10.1. The van der Waals surface area contributed by atoms with Crippen LogP contribution in [-0.4, -0.2) is 34.1 Å². The molecule has 2 aromatic carbocycles. The van der Waals surface area contributed by atoms with E-state index in [-0.39, 0.29) is 16.7 Å². The van der Waals surface area contributed by atoms with E-state index in [0.29, 0.717) is 36.9 Å². The molecule has 0 atom stereocenters. The van der Waals surface area contributed by atoms with E-state index in [0.717, 1.165) is 43.4 Å². The molecule has 30 heavy (non-hydrogen) atoms. The molecule has 0 spiro atoms. The van der Waals surface area contributed by atoms with Gasteiger partial charge in [-0.05, 0) is 55.2 Å². The number of carbonyl (C=O) groups is 1. The lowest BCUT2D eigenvalue weighted by Crippen LogP contribution is -2.33. The van der Waals surface area contributed by atoms with Gasteiger partial charge in [0.2, 0.25) is 5.91 Å². The molecule has 0 radical (unpaired) electrons. The van der Waals surface area contributed by atoms with E-state index in [1.54, 1.807) is 12.1 Å². The summed E-state index contributed by atoms with van der Waals surface area (Å²) in [6, 6.07) is 9.98. The summed E-state index contributed by atoms with van der Waals surface area (Å²) in [5, 5.41) is 0. The lowest BCUT2D eigenvalue weighted by molar-refractivity contribution is -0.122. The number of amides is 1. The van der Waals surface area contributed by atoms with Crippen LogP contribution >= 0.6 is 0 Å². The Morgan fingerprint density at radius 1 is 1.00 bits per heavy atom. The molecule has 1 saturated carbocycles. The van der Waals surface area contributed by atoms with Crippen LogP contribution in [0.3, 0.4) is 0 Å². The van der Waals surface area contributed by atoms with E-state index in [1.165, 1.54) is 12.1 Å². The van der Waals surface area contributed by atoms with Crippen molar-refractivity contribution in [3.05, 3.63) is 42.0 Å². The van der Waals surface area contributed by atoms with Gasteiger partial charge < -0.3 is 14.4 Å². The number of rotatable bonds is 4. The fraction of sp³-hybridized carbons (Fsp3) is 0.409. The molecule has 8 heteroatoms. The van der Waals surface area contributed by atoms with Gasteiger partial charge in [0.1, 0.15) is 13.2 Å². The SMILES string of the molecule is O=C(C1CCCC1)N1CCc2cc(NS(=O)(=O)c3ccc4c(c3)OCCO4)ccc21. The van der Waals surface area contributed by atoms with Crippen LogP contribution in [0.15, 0.2) is 41.3 Å². The minimum Gasteiger partial charge on any atom is -0.486 e. The van der Waals surface area contributed by atoms with Crippen molar-refractivity contribution >= 4 is 27.3 Å². The van der Waals surface area contributed by atoms with Gasteiger partial charge in [0.15, 0.2) is 11.5 Å². The predicted octanol–water partition coefficient (Wildman–Crippen LogP) is 3.34. The van der Waals surface area contributed by atoms with Gasteiger partial charge >= 0.3 is 0 Å². The fourth-order valence-electron chi connectivity index (χ4n) is 4.49. The van der Waals surface area contributed by atoms with Gasteiger partial charge in [0.25, 0.3) is 10.0 Å². The Balaban J connectivity index is 1.35. The molecule has 158 valence electrons. The van der Waals surface area contributed by atoms with Crippen LogP contribution in [0.2, 0.25) is 0 Å². The highest BCUT2D eigenvalue weighted by molar-refractivity contribution is 7.92. The number of nitrogens with one attached hydrogen (secondary N) is 1. The van der Waals surface area contributed by atoms with Gasteiger partial charge in [-0.1, -0.05) is 12.8 Å². The second-order valence-corrected chi connectivity index (χ2v) is 9.66. The number of fused-ring (bicyclic) bond motifs is 2. The zero-order valence-electron chi connectivity index (χ0n) is 16.6. The lowest BCUT2D eigenvalue weighted by Gasteiger charge is -2.21. The average Bonchev–Trinajstić information content (AvgIpc) is 3.42. The molecule has 0 unspecified atom stereocenters. The van der Waals surface area contributed by atoms with Crippen molar-refractivity contribution in [2.24, 2.45) is 5.92 Å². The minimum absolute atomic E-state index is 0.116. The minimum atomic E-state index is -3.77. The Kier molecular flexibility index (Phi) is 4.81. The van der Waals surface area contributed by atoms with Gasteiger partial charge in [0.05, 0.1) is 4.90 Å². The summed E-state index contributed by atoms with van der Waals surface area (Å²) >= 11 is 0. The molecule has 2 heterocycles. The van der Waals surface area contributed by atoms with Crippen LogP contribution in [0.25, 0.3) is 0 Å². The first-order valence-corrected chi connectivity index (χ1v) is 11.9. The summed E-state index contributed by atoms with van der Waals surface area (Å²) in [6.07, 6.45) is 4.92. The molecule has 3 aliphatic rings. The summed E-state index contributed by atoms with van der Waals surface area (Å²) < 4.78 is 39.3. The van der Waals surface area contributed by atoms with Crippen LogP contribution in [-0.2, 0) is 21.2 Å². The molecule has 2 aromatic rings. The molecule has 1 aliphatic carbocycles. The first-order chi connectivity index (χ1) is 14.5. The van der Waals surface area contributed by atoms with Crippen molar-refractivity contribution < 1.29 is 22.7 Å². The number of benzene rings is 2. The number of ether oxygens (including phenoxy) is 2. The highest BCUT2D eigenvalue weighted by Crippen LogP contribution is 2.36. The molecule has 7 nitrogen and oxygen atoms in total. The van der Waals surface area contributed by atoms with E-state index in [9.17, 15) is 13.2 Å². The first-order valence-electron chi connectivity index (χ1n) is 10.4. The van der Waals surface area contributed by atoms with E-state index in [4.69, 9.17) is 9.47 Å². The summed E-state index contributed by atoms with van der Waals surface area (Å²) in [7, 11) is -3.77. The second kappa shape index (κ2) is 7.50. The molecule has 1 N–H and O–H groups in total. The maximum absolute atomic E-state index is 12.9. The predicted molar refractivity (Wildman–Crippen MR) is 113 cm³/mol. The third-order valence-corrected chi connectivity index (χ3v) is 7.40. The Morgan fingerprint density at radius 3 is 2.57 bits per heavy atom. The maximum Gasteiger partial charge on any atom is 0.262 e. The van der Waals surface area contributed by atoms with E-state index in [1.807, 2.05) is 17.0 Å². The monoisotopic (exact) mass is 428 g/mol. The van der Waals surface area contributed by atoms with Crippen LogP contribution in [0, 0.1) is 5.92 Å². The third-order valence-electron chi connectivity index (χ3n) is 6.02. The molecular weight excluding hydrogens is 404 g/mol. The quantitative estimate of drug-likeness (QED) is 0.807. The van der Waals surface area contributed by atoms with E-state index in [2.05, 4.69) is 4.72 Å². The molecule has 0 aromatic heterocycles. The topological polar surface area (TPSA) is 84.9 Å². The summed E-state index contributed by atoms with van der Waals surface area (Å²) in [6.45, 7) is 1.50. The van der Waals surface area contributed by atoms with Crippen molar-refractivity contribution in [3.63, 3.8) is 0 Å². The molecule has 5 rings (SSSR count). The number of hydrogen-bond acceptors (Lipinski definition) is 5. The molecule has 1 fully saturated rings. The fourth-order valence-corrected chi connectivity index (χ4v) is 5.56.